The van der Waals surface area contributed by atoms with Crippen molar-refractivity contribution in [1.29, 1.82) is 0 Å². The van der Waals surface area contributed by atoms with Gasteiger partial charge < -0.3 is 9.80 Å². The molecule has 0 N–H and O–H groups in total. The molecule has 7 heteroatoms. The predicted octanol–water partition coefficient (Wildman–Crippen LogP) is 6.34. The topological polar surface area (TPSA) is 18.8 Å². The van der Waals surface area contributed by atoms with Crippen molar-refractivity contribution in [3.05, 3.63) is 47.0 Å². The Morgan fingerprint density at radius 2 is 1.85 bits per heavy atom. The summed E-state index contributed by atoms with van der Waals surface area (Å²) in [6, 6.07) is 10.8. The summed E-state index contributed by atoms with van der Waals surface area (Å²) < 4.78 is 24.9. The second kappa shape index (κ2) is 9.24. The zero-order valence-corrected chi connectivity index (χ0v) is 16.8. The lowest BCUT2D eigenvalue weighted by Gasteiger charge is -2.22. The zero-order valence-electron chi connectivity index (χ0n) is 15.2. The number of thioether (sulfide) groups is 1. The van der Waals surface area contributed by atoms with E-state index in [-0.39, 0.29) is 0 Å². The molecule has 0 saturated heterocycles. The van der Waals surface area contributed by atoms with Gasteiger partial charge in [0.25, 0.3) is 5.76 Å². The molecule has 0 aliphatic heterocycles. The monoisotopic (exact) mass is 397 g/mol. The van der Waals surface area contributed by atoms with Crippen LogP contribution in [0.1, 0.15) is 12.5 Å². The number of anilines is 2. The Hall–Kier alpha value is -1.79. The van der Waals surface area contributed by atoms with E-state index in [1.54, 1.807) is 18.5 Å². The van der Waals surface area contributed by atoms with Gasteiger partial charge in [-0.3, -0.25) is 0 Å². The van der Waals surface area contributed by atoms with Gasteiger partial charge in [-0.15, -0.1) is 0 Å². The fourth-order valence-corrected chi connectivity index (χ4v) is 3.05. The first-order chi connectivity index (χ1) is 12.3. The summed E-state index contributed by atoms with van der Waals surface area (Å²) in [7, 11) is 3.87. The molecule has 0 amide bonds. The van der Waals surface area contributed by atoms with Gasteiger partial charge in [0.15, 0.2) is 0 Å². The minimum absolute atomic E-state index is 0.539. The van der Waals surface area contributed by atoms with Crippen LogP contribution in [0.25, 0.3) is 0 Å². The van der Waals surface area contributed by atoms with Crippen LogP contribution in [0.5, 0.6) is 0 Å². The van der Waals surface area contributed by atoms with Gasteiger partial charge in [0, 0.05) is 36.9 Å². The van der Waals surface area contributed by atoms with Gasteiger partial charge in [-0.1, -0.05) is 23.4 Å². The van der Waals surface area contributed by atoms with Crippen LogP contribution in [0.15, 0.2) is 46.3 Å². The third-order valence-corrected chi connectivity index (χ3v) is 4.99. The SMILES string of the molecule is CCN(C)C=Nc1cc(C)c(N(C)c2ccc(SC(F)F)cc2)cc1Cl. The molecule has 0 atom stereocenters. The van der Waals surface area contributed by atoms with Crippen molar-refractivity contribution in [3.8, 4) is 0 Å². The number of hydrogen-bond acceptors (Lipinski definition) is 3. The van der Waals surface area contributed by atoms with Crippen LogP contribution >= 0.6 is 23.4 Å². The molecule has 0 spiro atoms. The molecular weight excluding hydrogens is 376 g/mol. The van der Waals surface area contributed by atoms with Crippen molar-refractivity contribution in [2.45, 2.75) is 24.5 Å². The average molecular weight is 398 g/mol. The Balaban J connectivity index is 2.25. The Morgan fingerprint density at radius 1 is 1.19 bits per heavy atom. The first-order valence-electron chi connectivity index (χ1n) is 8.15. The number of halogens is 3. The maximum Gasteiger partial charge on any atom is 0.288 e. The fourth-order valence-electron chi connectivity index (χ4n) is 2.35. The lowest BCUT2D eigenvalue weighted by molar-refractivity contribution is 0.252. The average Bonchev–Trinajstić information content (AvgIpc) is 2.61. The van der Waals surface area contributed by atoms with E-state index in [0.717, 1.165) is 23.5 Å². The molecule has 0 saturated carbocycles. The summed E-state index contributed by atoms with van der Waals surface area (Å²) in [4.78, 5) is 8.90. The highest BCUT2D eigenvalue weighted by Crippen LogP contribution is 2.36. The normalized spacial score (nSPS) is 11.4. The number of alkyl halides is 2. The van der Waals surface area contributed by atoms with Crippen molar-refractivity contribution in [3.63, 3.8) is 0 Å². The van der Waals surface area contributed by atoms with Gasteiger partial charge in [0.2, 0.25) is 0 Å². The molecule has 0 aliphatic carbocycles. The number of benzene rings is 2. The minimum Gasteiger partial charge on any atom is -0.366 e. The number of nitrogens with zero attached hydrogens (tertiary/aromatic N) is 3. The van der Waals surface area contributed by atoms with E-state index in [2.05, 4.69) is 4.99 Å². The highest BCUT2D eigenvalue weighted by Gasteiger charge is 2.12. The van der Waals surface area contributed by atoms with Crippen molar-refractivity contribution >= 4 is 46.8 Å². The molecule has 140 valence electrons. The minimum atomic E-state index is -2.42. The molecule has 26 heavy (non-hydrogen) atoms. The van der Waals surface area contributed by atoms with Gasteiger partial charge in [-0.05, 0) is 55.8 Å². The summed E-state index contributed by atoms with van der Waals surface area (Å²) in [5.74, 6) is -2.42. The lowest BCUT2D eigenvalue weighted by Crippen LogP contribution is -2.14. The van der Waals surface area contributed by atoms with Gasteiger partial charge in [0.1, 0.15) is 0 Å². The molecule has 2 aromatic carbocycles. The molecule has 0 radical (unpaired) electrons. The van der Waals surface area contributed by atoms with E-state index in [0.29, 0.717) is 27.4 Å². The van der Waals surface area contributed by atoms with E-state index in [4.69, 9.17) is 11.6 Å². The molecule has 0 fully saturated rings. The summed E-state index contributed by atoms with van der Waals surface area (Å²) in [6.07, 6.45) is 1.75. The highest BCUT2D eigenvalue weighted by molar-refractivity contribution is 7.99. The number of aliphatic imine (C=N–C) groups is 1. The van der Waals surface area contributed by atoms with Crippen molar-refractivity contribution in [1.82, 2.24) is 4.90 Å². The van der Waals surface area contributed by atoms with E-state index in [9.17, 15) is 8.78 Å². The summed E-state index contributed by atoms with van der Waals surface area (Å²) in [5, 5.41) is 0.558. The van der Waals surface area contributed by atoms with Gasteiger partial charge >= 0.3 is 0 Å². The lowest BCUT2D eigenvalue weighted by atomic mass is 10.1. The Labute approximate surface area is 162 Å². The van der Waals surface area contributed by atoms with Gasteiger partial charge in [-0.2, -0.15) is 8.78 Å². The molecule has 0 heterocycles. The second-order valence-electron chi connectivity index (χ2n) is 5.84. The smallest absolute Gasteiger partial charge is 0.288 e. The van der Waals surface area contributed by atoms with Crippen LogP contribution in [0.4, 0.5) is 25.8 Å². The molecule has 0 aliphatic rings. The summed E-state index contributed by atoms with van der Waals surface area (Å²) in [6.45, 7) is 4.90. The molecule has 0 unspecified atom stereocenters. The summed E-state index contributed by atoms with van der Waals surface area (Å²) in [5.41, 5.74) is 3.57. The number of aryl methyl sites for hydroxylation is 1. The number of rotatable bonds is 7. The van der Waals surface area contributed by atoms with Crippen molar-refractivity contribution in [2.75, 3.05) is 25.5 Å². The van der Waals surface area contributed by atoms with Crippen LogP contribution in [0, 0.1) is 6.92 Å². The Bertz CT molecular complexity index is 766. The van der Waals surface area contributed by atoms with Crippen LogP contribution in [-0.2, 0) is 0 Å². The zero-order chi connectivity index (χ0) is 19.3. The standard InChI is InChI=1S/C19H22ClF2N3S/c1-5-24(3)12-23-17-10-13(2)18(11-16(17)20)25(4)14-6-8-15(9-7-14)26-19(21)22/h6-12,19H,5H2,1-4H3. The molecule has 0 bridgehead atoms. The van der Waals surface area contributed by atoms with Crippen molar-refractivity contribution < 1.29 is 8.78 Å². The van der Waals surface area contributed by atoms with Crippen LogP contribution in [0.3, 0.4) is 0 Å². The first kappa shape index (κ1) is 20.5. The van der Waals surface area contributed by atoms with Crippen LogP contribution in [0.2, 0.25) is 5.02 Å². The van der Waals surface area contributed by atoms with E-state index in [1.807, 2.05) is 62.0 Å². The van der Waals surface area contributed by atoms with Gasteiger partial charge in [-0.25, -0.2) is 4.99 Å². The number of hydrogen-bond donors (Lipinski definition) is 0. The molecule has 2 aromatic rings. The highest BCUT2D eigenvalue weighted by atomic mass is 35.5. The molecule has 2 rings (SSSR count). The van der Waals surface area contributed by atoms with E-state index in [1.165, 1.54) is 0 Å². The van der Waals surface area contributed by atoms with E-state index < -0.39 is 5.76 Å². The largest absolute Gasteiger partial charge is 0.366 e. The molecule has 3 nitrogen and oxygen atoms in total. The summed E-state index contributed by atoms with van der Waals surface area (Å²) >= 11 is 6.94. The third-order valence-electron chi connectivity index (χ3n) is 3.97. The quantitative estimate of drug-likeness (QED) is 0.308. The van der Waals surface area contributed by atoms with Crippen LogP contribution < -0.4 is 4.90 Å². The maximum absolute atomic E-state index is 12.4. The Morgan fingerprint density at radius 3 is 2.42 bits per heavy atom. The Kier molecular flexibility index (Phi) is 7.29. The molecular formula is C19H22ClF2N3S. The predicted molar refractivity (Wildman–Crippen MR) is 109 cm³/mol. The maximum atomic E-state index is 12.4. The fraction of sp³-hybridized carbons (Fsp3) is 0.316. The van der Waals surface area contributed by atoms with Crippen molar-refractivity contribution in [2.24, 2.45) is 4.99 Å². The van der Waals surface area contributed by atoms with E-state index >= 15 is 0 Å². The third kappa shape index (κ3) is 5.35. The molecule has 0 aromatic heterocycles. The van der Waals surface area contributed by atoms with Gasteiger partial charge in [0.05, 0.1) is 17.0 Å². The first-order valence-corrected chi connectivity index (χ1v) is 9.40. The second-order valence-corrected chi connectivity index (χ2v) is 7.31. The van der Waals surface area contributed by atoms with Crippen LogP contribution in [-0.4, -0.2) is 37.6 Å².